The Labute approximate surface area is 115 Å². The fourth-order valence-electron chi connectivity index (χ4n) is 2.19. The van der Waals surface area contributed by atoms with Gasteiger partial charge in [-0.25, -0.2) is 8.78 Å². The normalized spacial score (nSPS) is 16.6. The molecule has 0 bridgehead atoms. The minimum absolute atomic E-state index is 0.0183. The summed E-state index contributed by atoms with van der Waals surface area (Å²) in [7, 11) is 0. The molecular formula is C14H15F2NO3. The van der Waals surface area contributed by atoms with Crippen molar-refractivity contribution in [2.24, 2.45) is 11.8 Å². The number of rotatable bonds is 4. The van der Waals surface area contributed by atoms with Crippen LogP contribution in [0.1, 0.15) is 12.5 Å². The number of carboxylic acid groups (broad SMARTS) is 1. The zero-order valence-corrected chi connectivity index (χ0v) is 11.0. The number of hydrogen-bond donors (Lipinski definition) is 1. The molecule has 1 N–H and O–H groups in total. The number of hydrogen-bond acceptors (Lipinski definition) is 2. The molecule has 0 spiro atoms. The zero-order valence-electron chi connectivity index (χ0n) is 11.0. The molecule has 1 heterocycles. The van der Waals surface area contributed by atoms with Crippen molar-refractivity contribution in [1.82, 2.24) is 4.90 Å². The van der Waals surface area contributed by atoms with Gasteiger partial charge in [0.05, 0.1) is 12.3 Å². The van der Waals surface area contributed by atoms with Crippen LogP contribution in [-0.4, -0.2) is 35.0 Å². The highest BCUT2D eigenvalue weighted by Gasteiger charge is 2.37. The standard InChI is InChI=1S/C14H15F2NO3/c1-8(14(19)20)10-6-17(7-10)12(18)5-9-3-2-4-11(15)13(9)16/h2-4,8,10H,5-7H2,1H3,(H,19,20). The first-order chi connectivity index (χ1) is 9.40. The lowest BCUT2D eigenvalue weighted by Gasteiger charge is -2.41. The Bertz CT molecular complexity index is 541. The van der Waals surface area contributed by atoms with E-state index in [1.54, 1.807) is 6.92 Å². The van der Waals surface area contributed by atoms with Gasteiger partial charge in [0.25, 0.3) is 0 Å². The van der Waals surface area contributed by atoms with Crippen molar-refractivity contribution in [2.75, 3.05) is 13.1 Å². The first kappa shape index (κ1) is 14.4. The van der Waals surface area contributed by atoms with Crippen molar-refractivity contribution < 1.29 is 23.5 Å². The van der Waals surface area contributed by atoms with Crippen molar-refractivity contribution >= 4 is 11.9 Å². The molecule has 1 saturated heterocycles. The Kier molecular flexibility index (Phi) is 4.01. The molecule has 1 atom stereocenters. The van der Waals surface area contributed by atoms with Crippen LogP contribution in [0.2, 0.25) is 0 Å². The zero-order chi connectivity index (χ0) is 14.9. The highest BCUT2D eigenvalue weighted by Crippen LogP contribution is 2.25. The molecule has 6 heteroatoms. The van der Waals surface area contributed by atoms with E-state index < -0.39 is 23.5 Å². The first-order valence-electron chi connectivity index (χ1n) is 6.33. The number of likely N-dealkylation sites (tertiary alicyclic amines) is 1. The van der Waals surface area contributed by atoms with Gasteiger partial charge in [-0.1, -0.05) is 19.1 Å². The Morgan fingerprint density at radius 2 is 2.05 bits per heavy atom. The number of halogens is 2. The average molecular weight is 283 g/mol. The van der Waals surface area contributed by atoms with Gasteiger partial charge < -0.3 is 10.0 Å². The molecule has 1 aliphatic heterocycles. The fraction of sp³-hybridized carbons (Fsp3) is 0.429. The molecule has 0 aromatic heterocycles. The summed E-state index contributed by atoms with van der Waals surface area (Å²) >= 11 is 0. The van der Waals surface area contributed by atoms with E-state index in [9.17, 15) is 18.4 Å². The van der Waals surface area contributed by atoms with E-state index in [0.717, 1.165) is 6.07 Å². The summed E-state index contributed by atoms with van der Waals surface area (Å²) in [4.78, 5) is 24.1. The number of amides is 1. The van der Waals surface area contributed by atoms with E-state index in [2.05, 4.69) is 0 Å². The minimum atomic E-state index is -1.00. The smallest absolute Gasteiger partial charge is 0.306 e. The van der Waals surface area contributed by atoms with Crippen LogP contribution < -0.4 is 0 Å². The van der Waals surface area contributed by atoms with Gasteiger partial charge in [0, 0.05) is 24.6 Å². The molecule has 0 radical (unpaired) electrons. The number of aliphatic carboxylic acids is 1. The molecule has 1 aromatic carbocycles. The lowest BCUT2D eigenvalue weighted by atomic mass is 9.86. The van der Waals surface area contributed by atoms with Gasteiger partial charge in [-0.15, -0.1) is 0 Å². The molecule has 4 nitrogen and oxygen atoms in total. The largest absolute Gasteiger partial charge is 0.481 e. The van der Waals surface area contributed by atoms with Crippen LogP contribution in [0, 0.1) is 23.5 Å². The van der Waals surface area contributed by atoms with E-state index in [-0.39, 0.29) is 23.8 Å². The SMILES string of the molecule is CC(C(=O)O)C1CN(C(=O)Cc2cccc(F)c2F)C1. The summed E-state index contributed by atoms with van der Waals surface area (Å²) in [5.41, 5.74) is 0.0183. The van der Waals surface area contributed by atoms with Gasteiger partial charge in [0.15, 0.2) is 11.6 Å². The van der Waals surface area contributed by atoms with E-state index >= 15 is 0 Å². The average Bonchev–Trinajstić information content (AvgIpc) is 2.33. The first-order valence-corrected chi connectivity index (χ1v) is 6.33. The van der Waals surface area contributed by atoms with Crippen LogP contribution >= 0.6 is 0 Å². The lowest BCUT2D eigenvalue weighted by Crippen LogP contribution is -2.54. The van der Waals surface area contributed by atoms with Crippen molar-refractivity contribution in [3.8, 4) is 0 Å². The van der Waals surface area contributed by atoms with Gasteiger partial charge in [-0.2, -0.15) is 0 Å². The van der Waals surface area contributed by atoms with Crippen molar-refractivity contribution in [1.29, 1.82) is 0 Å². The van der Waals surface area contributed by atoms with Crippen LogP contribution in [-0.2, 0) is 16.0 Å². The summed E-state index contributed by atoms with van der Waals surface area (Å²) < 4.78 is 26.5. The monoisotopic (exact) mass is 283 g/mol. The molecule has 1 unspecified atom stereocenters. The highest BCUT2D eigenvalue weighted by molar-refractivity contribution is 5.80. The van der Waals surface area contributed by atoms with E-state index in [0.29, 0.717) is 13.1 Å². The van der Waals surface area contributed by atoms with Crippen molar-refractivity contribution in [3.63, 3.8) is 0 Å². The van der Waals surface area contributed by atoms with Crippen molar-refractivity contribution in [3.05, 3.63) is 35.4 Å². The number of carbonyl (C=O) groups excluding carboxylic acids is 1. The molecule has 2 rings (SSSR count). The summed E-state index contributed by atoms with van der Waals surface area (Å²) in [6, 6.07) is 3.72. The third-order valence-corrected chi connectivity index (χ3v) is 3.73. The number of benzene rings is 1. The van der Waals surface area contributed by atoms with E-state index in [1.807, 2.05) is 0 Å². The molecule has 0 saturated carbocycles. The Morgan fingerprint density at radius 3 is 2.65 bits per heavy atom. The summed E-state index contributed by atoms with van der Waals surface area (Å²) in [6.45, 7) is 2.30. The van der Waals surface area contributed by atoms with Crippen LogP contribution in [0.4, 0.5) is 8.78 Å². The van der Waals surface area contributed by atoms with Crippen molar-refractivity contribution in [2.45, 2.75) is 13.3 Å². The van der Waals surface area contributed by atoms with Gasteiger partial charge in [0.1, 0.15) is 0 Å². The minimum Gasteiger partial charge on any atom is -0.481 e. The van der Waals surface area contributed by atoms with Gasteiger partial charge in [-0.3, -0.25) is 9.59 Å². The molecular weight excluding hydrogens is 268 g/mol. The second kappa shape index (κ2) is 5.56. The quantitative estimate of drug-likeness (QED) is 0.914. The third-order valence-electron chi connectivity index (χ3n) is 3.73. The maximum atomic E-state index is 13.4. The summed E-state index contributed by atoms with van der Waals surface area (Å²) in [5.74, 6) is -3.77. The maximum Gasteiger partial charge on any atom is 0.306 e. The lowest BCUT2D eigenvalue weighted by molar-refractivity contribution is -0.150. The van der Waals surface area contributed by atoms with Crippen LogP contribution in [0.5, 0.6) is 0 Å². The second-order valence-electron chi connectivity index (χ2n) is 5.08. The summed E-state index contributed by atoms with van der Waals surface area (Å²) in [6.07, 6.45) is -0.211. The number of carbonyl (C=O) groups is 2. The van der Waals surface area contributed by atoms with Crippen LogP contribution in [0.15, 0.2) is 18.2 Å². The molecule has 1 fully saturated rings. The van der Waals surface area contributed by atoms with Gasteiger partial charge in [0.2, 0.25) is 5.91 Å². The Hall–Kier alpha value is -1.98. The van der Waals surface area contributed by atoms with Crippen LogP contribution in [0.3, 0.4) is 0 Å². The molecule has 20 heavy (non-hydrogen) atoms. The Balaban J connectivity index is 1.92. The molecule has 1 amide bonds. The topological polar surface area (TPSA) is 57.6 Å². The highest BCUT2D eigenvalue weighted by atomic mass is 19.2. The predicted octanol–water partition coefficient (Wildman–Crippen LogP) is 1.69. The second-order valence-corrected chi connectivity index (χ2v) is 5.08. The number of nitrogens with zero attached hydrogens (tertiary/aromatic N) is 1. The summed E-state index contributed by atoms with van der Waals surface area (Å²) in [5, 5.41) is 8.85. The third kappa shape index (κ3) is 2.79. The molecule has 0 aliphatic carbocycles. The van der Waals surface area contributed by atoms with Crippen LogP contribution in [0.25, 0.3) is 0 Å². The Morgan fingerprint density at radius 1 is 1.40 bits per heavy atom. The molecule has 108 valence electrons. The molecule has 1 aromatic rings. The maximum absolute atomic E-state index is 13.4. The number of carboxylic acids is 1. The fourth-order valence-corrected chi connectivity index (χ4v) is 2.19. The predicted molar refractivity (Wildman–Crippen MR) is 66.9 cm³/mol. The van der Waals surface area contributed by atoms with Gasteiger partial charge in [-0.05, 0) is 6.07 Å². The molecule has 1 aliphatic rings. The van der Waals surface area contributed by atoms with Gasteiger partial charge >= 0.3 is 5.97 Å². The van der Waals surface area contributed by atoms with E-state index in [1.165, 1.54) is 17.0 Å². The van der Waals surface area contributed by atoms with E-state index in [4.69, 9.17) is 5.11 Å².